The number of rotatable bonds is 4. The second kappa shape index (κ2) is 6.62. The fourth-order valence-electron chi connectivity index (χ4n) is 4.07. The van der Waals surface area contributed by atoms with Crippen LogP contribution in [0.25, 0.3) is 11.0 Å². The van der Waals surface area contributed by atoms with Gasteiger partial charge < -0.3 is 4.90 Å². The smallest absolute Gasteiger partial charge is 0.269 e. The fourth-order valence-corrected chi connectivity index (χ4v) is 4.07. The summed E-state index contributed by atoms with van der Waals surface area (Å²) in [5.41, 5.74) is 1.27. The predicted molar refractivity (Wildman–Crippen MR) is 97.3 cm³/mol. The van der Waals surface area contributed by atoms with E-state index >= 15 is 0 Å². The van der Waals surface area contributed by atoms with Crippen molar-refractivity contribution in [2.24, 2.45) is 5.92 Å². The highest BCUT2D eigenvalue weighted by Gasteiger charge is 2.38. The van der Waals surface area contributed by atoms with Crippen LogP contribution in [0.1, 0.15) is 45.4 Å². The van der Waals surface area contributed by atoms with Crippen LogP contribution in [0.15, 0.2) is 35.3 Å². The molecule has 2 aliphatic carbocycles. The summed E-state index contributed by atoms with van der Waals surface area (Å²) in [5, 5.41) is 0. The topological polar surface area (TPSA) is 55.2 Å². The molecular weight excluding hydrogens is 314 g/mol. The van der Waals surface area contributed by atoms with E-state index in [2.05, 4.69) is 16.8 Å². The quantitative estimate of drug-likeness (QED) is 0.860. The first-order chi connectivity index (χ1) is 12.1. The van der Waals surface area contributed by atoms with Crippen LogP contribution < -0.4 is 5.56 Å². The largest absolute Gasteiger partial charge is 0.335 e. The molecule has 0 atom stereocenters. The van der Waals surface area contributed by atoms with E-state index in [1.165, 1.54) is 19.0 Å². The lowest BCUT2D eigenvalue weighted by molar-refractivity contribution is -0.135. The summed E-state index contributed by atoms with van der Waals surface area (Å²) in [7, 11) is 0. The van der Waals surface area contributed by atoms with Crippen molar-refractivity contribution in [3.8, 4) is 0 Å². The molecule has 5 nitrogen and oxygen atoms in total. The van der Waals surface area contributed by atoms with Crippen LogP contribution in [0.3, 0.4) is 0 Å². The summed E-state index contributed by atoms with van der Waals surface area (Å²) in [4.78, 5) is 31.7. The van der Waals surface area contributed by atoms with Crippen molar-refractivity contribution < 1.29 is 4.79 Å². The number of carbonyl (C=O) groups excluding carboxylic acids is 1. The maximum Gasteiger partial charge on any atom is 0.269 e. The van der Waals surface area contributed by atoms with Gasteiger partial charge in [0.2, 0.25) is 5.91 Å². The summed E-state index contributed by atoms with van der Waals surface area (Å²) in [6.45, 7) is 2.41. The van der Waals surface area contributed by atoms with Gasteiger partial charge in [-0.25, -0.2) is 4.98 Å². The second-order valence-corrected chi connectivity index (χ2v) is 7.62. The van der Waals surface area contributed by atoms with Crippen molar-refractivity contribution in [1.29, 1.82) is 0 Å². The predicted octanol–water partition coefficient (Wildman–Crippen LogP) is 2.97. The normalized spacial score (nSPS) is 23.6. The van der Waals surface area contributed by atoms with Crippen LogP contribution in [0.4, 0.5) is 0 Å². The van der Waals surface area contributed by atoms with E-state index in [9.17, 15) is 9.59 Å². The Morgan fingerprint density at radius 3 is 2.44 bits per heavy atom. The molecule has 1 aromatic heterocycles. The van der Waals surface area contributed by atoms with Crippen LogP contribution >= 0.6 is 0 Å². The highest BCUT2D eigenvalue weighted by atomic mass is 16.2. The Bertz CT molecular complexity index is 832. The molecule has 5 heteroatoms. The van der Waals surface area contributed by atoms with Gasteiger partial charge in [-0.15, -0.1) is 0 Å². The van der Waals surface area contributed by atoms with E-state index < -0.39 is 0 Å². The SMILES string of the molecule is CC1CCC(N(C(=O)Cn2c(=O)cnc3ccccc32)C2CC2)CC1. The summed E-state index contributed by atoms with van der Waals surface area (Å²) in [5.74, 6) is 0.847. The Hall–Kier alpha value is -2.17. The van der Waals surface area contributed by atoms with Gasteiger partial charge in [0.1, 0.15) is 6.54 Å². The highest BCUT2D eigenvalue weighted by Crippen LogP contribution is 2.35. The molecule has 0 saturated heterocycles. The van der Waals surface area contributed by atoms with Gasteiger partial charge in [0.05, 0.1) is 17.2 Å². The number of benzene rings is 1. The molecule has 0 aliphatic heterocycles. The van der Waals surface area contributed by atoms with E-state index in [0.29, 0.717) is 12.1 Å². The molecular formula is C20H25N3O2. The van der Waals surface area contributed by atoms with Gasteiger partial charge in [0.15, 0.2) is 0 Å². The van der Waals surface area contributed by atoms with Gasteiger partial charge in [-0.05, 0) is 56.6 Å². The zero-order valence-electron chi connectivity index (χ0n) is 14.7. The fraction of sp³-hybridized carbons (Fsp3) is 0.550. The first kappa shape index (κ1) is 16.3. The summed E-state index contributed by atoms with van der Waals surface area (Å²) in [6.07, 6.45) is 8.09. The molecule has 2 fully saturated rings. The molecule has 2 saturated carbocycles. The third-order valence-electron chi connectivity index (χ3n) is 5.65. The lowest BCUT2D eigenvalue weighted by Crippen LogP contribution is -2.46. The summed E-state index contributed by atoms with van der Waals surface area (Å²) >= 11 is 0. The average Bonchev–Trinajstić information content (AvgIpc) is 3.44. The summed E-state index contributed by atoms with van der Waals surface area (Å²) < 4.78 is 1.57. The van der Waals surface area contributed by atoms with Gasteiger partial charge in [0.25, 0.3) is 5.56 Å². The van der Waals surface area contributed by atoms with Crippen molar-refractivity contribution in [1.82, 2.24) is 14.5 Å². The molecule has 1 aromatic carbocycles. The van der Waals surface area contributed by atoms with Crippen molar-refractivity contribution in [2.45, 2.75) is 64.1 Å². The molecule has 2 aliphatic rings. The van der Waals surface area contributed by atoms with Gasteiger partial charge in [-0.1, -0.05) is 19.1 Å². The van der Waals surface area contributed by atoms with Gasteiger partial charge >= 0.3 is 0 Å². The van der Waals surface area contributed by atoms with Crippen LogP contribution in [-0.4, -0.2) is 32.4 Å². The number of fused-ring (bicyclic) bond motifs is 1. The lowest BCUT2D eigenvalue weighted by atomic mass is 9.86. The van der Waals surface area contributed by atoms with Crippen LogP contribution in [0, 0.1) is 5.92 Å². The Morgan fingerprint density at radius 1 is 1.12 bits per heavy atom. The van der Waals surface area contributed by atoms with Crippen molar-refractivity contribution >= 4 is 16.9 Å². The van der Waals surface area contributed by atoms with Gasteiger partial charge in [-0.2, -0.15) is 0 Å². The first-order valence-electron chi connectivity index (χ1n) is 9.39. The van der Waals surface area contributed by atoms with Crippen LogP contribution in [0.2, 0.25) is 0 Å². The first-order valence-corrected chi connectivity index (χ1v) is 9.39. The molecule has 0 unspecified atom stereocenters. The molecule has 132 valence electrons. The molecule has 0 radical (unpaired) electrons. The van der Waals surface area contributed by atoms with Gasteiger partial charge in [0, 0.05) is 12.1 Å². The third kappa shape index (κ3) is 3.32. The van der Waals surface area contributed by atoms with Crippen molar-refractivity contribution in [3.05, 3.63) is 40.8 Å². The number of para-hydroxylation sites is 2. The molecule has 0 N–H and O–H groups in total. The molecule has 1 heterocycles. The lowest BCUT2D eigenvalue weighted by Gasteiger charge is -2.36. The number of aromatic nitrogens is 2. The Kier molecular flexibility index (Phi) is 4.32. The number of carbonyl (C=O) groups is 1. The third-order valence-corrected chi connectivity index (χ3v) is 5.65. The minimum absolute atomic E-state index is 0.0838. The van der Waals surface area contributed by atoms with E-state index in [1.807, 2.05) is 24.3 Å². The Balaban J connectivity index is 1.60. The van der Waals surface area contributed by atoms with E-state index in [-0.39, 0.29) is 18.0 Å². The number of amides is 1. The van der Waals surface area contributed by atoms with Crippen molar-refractivity contribution in [3.63, 3.8) is 0 Å². The highest BCUT2D eigenvalue weighted by molar-refractivity contribution is 5.80. The monoisotopic (exact) mass is 339 g/mol. The zero-order chi connectivity index (χ0) is 17.4. The number of hydrogen-bond donors (Lipinski definition) is 0. The number of hydrogen-bond acceptors (Lipinski definition) is 3. The zero-order valence-corrected chi connectivity index (χ0v) is 14.7. The molecule has 4 rings (SSSR count). The van der Waals surface area contributed by atoms with E-state index in [4.69, 9.17) is 0 Å². The minimum atomic E-state index is -0.208. The van der Waals surface area contributed by atoms with Crippen LogP contribution in [0.5, 0.6) is 0 Å². The van der Waals surface area contributed by atoms with E-state index in [1.54, 1.807) is 4.57 Å². The molecule has 0 bridgehead atoms. The Labute approximate surface area is 147 Å². The molecule has 25 heavy (non-hydrogen) atoms. The summed E-state index contributed by atoms with van der Waals surface area (Å²) in [6, 6.07) is 8.24. The van der Waals surface area contributed by atoms with Crippen molar-refractivity contribution in [2.75, 3.05) is 0 Å². The maximum absolute atomic E-state index is 13.1. The minimum Gasteiger partial charge on any atom is -0.335 e. The average molecular weight is 339 g/mol. The Morgan fingerprint density at radius 2 is 1.76 bits per heavy atom. The van der Waals surface area contributed by atoms with Crippen LogP contribution in [-0.2, 0) is 11.3 Å². The second-order valence-electron chi connectivity index (χ2n) is 7.62. The standard InChI is InChI=1S/C20H25N3O2/c1-14-6-8-15(9-7-14)23(16-10-11-16)20(25)13-22-18-5-3-2-4-17(18)21-12-19(22)24/h2-5,12,14-16H,6-11,13H2,1H3. The number of nitrogens with zero attached hydrogens (tertiary/aromatic N) is 3. The molecule has 2 aromatic rings. The molecule has 1 amide bonds. The van der Waals surface area contributed by atoms with Gasteiger partial charge in [-0.3, -0.25) is 14.2 Å². The molecule has 0 spiro atoms. The van der Waals surface area contributed by atoms with E-state index in [0.717, 1.165) is 42.6 Å². The maximum atomic E-state index is 13.1.